The third-order valence-electron chi connectivity index (χ3n) is 4.27. The van der Waals surface area contributed by atoms with Crippen molar-refractivity contribution in [2.75, 3.05) is 13.2 Å². The summed E-state index contributed by atoms with van der Waals surface area (Å²) in [6.45, 7) is -0.341. The number of benzene rings is 1. The Morgan fingerprint density at radius 3 is 2.72 bits per heavy atom. The zero-order valence-corrected chi connectivity index (χ0v) is 18.7. The van der Waals surface area contributed by atoms with Gasteiger partial charge in [0.2, 0.25) is 10.0 Å². The van der Waals surface area contributed by atoms with Gasteiger partial charge in [-0.25, -0.2) is 13.1 Å². The van der Waals surface area contributed by atoms with E-state index < -0.39 is 10.0 Å². The van der Waals surface area contributed by atoms with Crippen LogP contribution in [0.25, 0.3) is 17.0 Å². The van der Waals surface area contributed by atoms with Crippen LogP contribution in [0, 0.1) is 11.8 Å². The SMILES string of the molecule is O=C1NC(=S)S/C1=C/c1cc2cncc(C#Cc3ccc(S(=O)(=O)NCCO)cc3)c2o1. The molecule has 2 aromatic heterocycles. The van der Waals surface area contributed by atoms with Crippen molar-refractivity contribution in [3.05, 3.63) is 64.5 Å². The summed E-state index contributed by atoms with van der Waals surface area (Å²) in [5.74, 6) is 6.16. The standard InChI is InChI=1S/C21H15N3O5S3/c25-8-7-23-32(27,28)17-5-2-13(3-6-17)1-4-14-11-22-12-15-9-16(29-19(14)15)10-18-20(26)24-21(30)31-18/h2-3,5-6,9-12,23,25H,7-8H2,(H,24,26,30)/b18-10+. The molecule has 8 nitrogen and oxygen atoms in total. The predicted octanol–water partition coefficient (Wildman–Crippen LogP) is 1.99. The molecule has 1 aliphatic rings. The van der Waals surface area contributed by atoms with Gasteiger partial charge in [-0.3, -0.25) is 9.78 Å². The van der Waals surface area contributed by atoms with E-state index in [1.54, 1.807) is 36.7 Å². The molecular weight excluding hydrogens is 470 g/mol. The Morgan fingerprint density at radius 2 is 2.03 bits per heavy atom. The molecule has 4 rings (SSSR count). The minimum Gasteiger partial charge on any atom is -0.455 e. The number of sulfonamides is 1. The summed E-state index contributed by atoms with van der Waals surface area (Å²) in [5.41, 5.74) is 1.68. The maximum atomic E-state index is 12.1. The van der Waals surface area contributed by atoms with Crippen LogP contribution >= 0.6 is 24.0 Å². The van der Waals surface area contributed by atoms with Gasteiger partial charge in [0.1, 0.15) is 10.1 Å². The van der Waals surface area contributed by atoms with Crippen LogP contribution in [0.3, 0.4) is 0 Å². The van der Waals surface area contributed by atoms with Gasteiger partial charge in [0.05, 0.1) is 22.0 Å². The number of amides is 1. The fraction of sp³-hybridized carbons (Fsp3) is 0.0952. The monoisotopic (exact) mass is 485 g/mol. The molecule has 162 valence electrons. The van der Waals surface area contributed by atoms with E-state index in [0.717, 1.165) is 5.39 Å². The quantitative estimate of drug-likeness (QED) is 0.285. The lowest BCUT2D eigenvalue weighted by atomic mass is 10.2. The average Bonchev–Trinajstić information content (AvgIpc) is 3.33. The van der Waals surface area contributed by atoms with Crippen LogP contribution in [0.2, 0.25) is 0 Å². The van der Waals surface area contributed by atoms with E-state index in [1.807, 2.05) is 0 Å². The van der Waals surface area contributed by atoms with Gasteiger partial charge in [-0.15, -0.1) is 0 Å². The number of carbonyl (C=O) groups is 1. The van der Waals surface area contributed by atoms with E-state index >= 15 is 0 Å². The van der Waals surface area contributed by atoms with E-state index in [2.05, 4.69) is 26.9 Å². The second kappa shape index (κ2) is 9.23. The molecule has 1 saturated heterocycles. The lowest BCUT2D eigenvalue weighted by molar-refractivity contribution is -0.115. The largest absolute Gasteiger partial charge is 0.455 e. The summed E-state index contributed by atoms with van der Waals surface area (Å²) in [4.78, 5) is 16.6. The normalized spacial score (nSPS) is 15.1. The number of hydrogen-bond donors (Lipinski definition) is 3. The Balaban J connectivity index is 1.59. The maximum absolute atomic E-state index is 12.1. The number of rotatable bonds is 5. The molecule has 0 radical (unpaired) electrons. The maximum Gasteiger partial charge on any atom is 0.263 e. The highest BCUT2D eigenvalue weighted by atomic mass is 32.2. The number of nitrogens with zero attached hydrogens (tertiary/aromatic N) is 1. The summed E-state index contributed by atoms with van der Waals surface area (Å²) in [5, 5.41) is 12.1. The number of nitrogens with one attached hydrogen (secondary N) is 2. The van der Waals surface area contributed by atoms with Crippen molar-refractivity contribution in [2.45, 2.75) is 4.90 Å². The lowest BCUT2D eigenvalue weighted by Gasteiger charge is -2.04. The van der Waals surface area contributed by atoms with Crippen molar-refractivity contribution in [3.63, 3.8) is 0 Å². The van der Waals surface area contributed by atoms with Gasteiger partial charge < -0.3 is 14.8 Å². The summed E-state index contributed by atoms with van der Waals surface area (Å²) in [6.07, 6.45) is 4.82. The smallest absolute Gasteiger partial charge is 0.263 e. The molecule has 0 saturated carbocycles. The molecule has 1 aromatic carbocycles. The number of aliphatic hydroxyl groups excluding tert-OH is 1. The minimum atomic E-state index is -3.68. The summed E-state index contributed by atoms with van der Waals surface area (Å²) in [7, 11) is -3.68. The minimum absolute atomic E-state index is 0.0568. The van der Waals surface area contributed by atoms with Gasteiger partial charge >= 0.3 is 0 Å². The Bertz CT molecular complexity index is 1410. The first-order valence-electron chi connectivity index (χ1n) is 9.21. The summed E-state index contributed by atoms with van der Waals surface area (Å²) < 4.78 is 32.7. The number of aromatic nitrogens is 1. The van der Waals surface area contributed by atoms with Crippen molar-refractivity contribution in [2.24, 2.45) is 0 Å². The van der Waals surface area contributed by atoms with Gasteiger partial charge in [-0.2, -0.15) is 0 Å². The average molecular weight is 486 g/mol. The highest BCUT2D eigenvalue weighted by molar-refractivity contribution is 8.26. The first-order valence-corrected chi connectivity index (χ1v) is 11.9. The zero-order chi connectivity index (χ0) is 22.7. The van der Waals surface area contributed by atoms with Crippen molar-refractivity contribution in [1.82, 2.24) is 15.0 Å². The molecule has 11 heteroatoms. The summed E-state index contributed by atoms with van der Waals surface area (Å²) in [6, 6.07) is 7.81. The Labute approximate surface area is 193 Å². The molecule has 0 unspecified atom stereocenters. The molecule has 3 aromatic rings. The van der Waals surface area contributed by atoms with Crippen LogP contribution in [0.1, 0.15) is 16.9 Å². The zero-order valence-electron chi connectivity index (χ0n) is 16.3. The first-order chi connectivity index (χ1) is 15.4. The van der Waals surface area contributed by atoms with Crippen molar-refractivity contribution >= 4 is 61.3 Å². The number of pyridine rings is 1. The van der Waals surface area contributed by atoms with Gasteiger partial charge in [0.15, 0.2) is 5.58 Å². The number of aliphatic hydroxyl groups is 1. The molecule has 0 bridgehead atoms. The van der Waals surface area contributed by atoms with Gasteiger partial charge in [-0.05, 0) is 30.3 Å². The Hall–Kier alpha value is -3.01. The fourth-order valence-corrected chi connectivity index (χ4v) is 4.86. The number of furan rings is 1. The highest BCUT2D eigenvalue weighted by Gasteiger charge is 2.22. The van der Waals surface area contributed by atoms with Crippen LogP contribution < -0.4 is 10.0 Å². The van der Waals surface area contributed by atoms with Crippen LogP contribution in [-0.4, -0.2) is 41.9 Å². The number of carbonyl (C=O) groups excluding carboxylic acids is 1. The van der Waals surface area contributed by atoms with Gasteiger partial charge in [-0.1, -0.05) is 35.8 Å². The van der Waals surface area contributed by atoms with Crippen LogP contribution in [0.4, 0.5) is 0 Å². The van der Waals surface area contributed by atoms with Gasteiger partial charge in [0.25, 0.3) is 5.91 Å². The highest BCUT2D eigenvalue weighted by Crippen LogP contribution is 2.29. The van der Waals surface area contributed by atoms with E-state index in [0.29, 0.717) is 31.7 Å². The van der Waals surface area contributed by atoms with E-state index in [-0.39, 0.29) is 24.0 Å². The third kappa shape index (κ3) is 4.90. The molecule has 1 aliphatic heterocycles. The second-order valence-electron chi connectivity index (χ2n) is 6.50. The molecule has 0 aliphatic carbocycles. The Morgan fingerprint density at radius 1 is 1.25 bits per heavy atom. The van der Waals surface area contributed by atoms with Crippen LogP contribution in [-0.2, 0) is 14.8 Å². The third-order valence-corrected chi connectivity index (χ3v) is 6.91. The predicted molar refractivity (Wildman–Crippen MR) is 125 cm³/mol. The molecule has 32 heavy (non-hydrogen) atoms. The fourth-order valence-electron chi connectivity index (χ4n) is 2.81. The molecule has 0 atom stereocenters. The number of hydrogen-bond acceptors (Lipinski definition) is 8. The van der Waals surface area contributed by atoms with E-state index in [9.17, 15) is 13.2 Å². The molecule has 3 N–H and O–H groups in total. The summed E-state index contributed by atoms with van der Waals surface area (Å²) >= 11 is 6.15. The van der Waals surface area contributed by atoms with Gasteiger partial charge in [0, 0.05) is 36.0 Å². The molecule has 1 fully saturated rings. The van der Waals surface area contributed by atoms with E-state index in [1.165, 1.54) is 23.9 Å². The van der Waals surface area contributed by atoms with Crippen LogP contribution in [0.15, 0.2) is 56.9 Å². The van der Waals surface area contributed by atoms with Crippen molar-refractivity contribution in [3.8, 4) is 11.8 Å². The van der Waals surface area contributed by atoms with Crippen molar-refractivity contribution < 1.29 is 22.7 Å². The van der Waals surface area contributed by atoms with Crippen LogP contribution in [0.5, 0.6) is 0 Å². The topological polar surface area (TPSA) is 122 Å². The molecule has 1 amide bonds. The number of thiocarbonyl (C=S) groups is 1. The molecule has 0 spiro atoms. The number of fused-ring (bicyclic) bond motifs is 1. The Kier molecular flexibility index (Phi) is 6.40. The first kappa shape index (κ1) is 22.2. The second-order valence-corrected chi connectivity index (χ2v) is 9.99. The molecular formula is C21H15N3O5S3. The number of thioether (sulfide) groups is 1. The molecule has 3 heterocycles. The van der Waals surface area contributed by atoms with Crippen molar-refractivity contribution in [1.29, 1.82) is 0 Å². The van der Waals surface area contributed by atoms with E-state index in [4.69, 9.17) is 21.7 Å². The lowest BCUT2D eigenvalue weighted by Crippen LogP contribution is -2.26.